The van der Waals surface area contributed by atoms with Crippen LogP contribution in [0.15, 0.2) is 30.3 Å². The average molecular weight is 247 g/mol. The number of aliphatic hydroxyl groups is 1. The van der Waals surface area contributed by atoms with Crippen LogP contribution in [0.3, 0.4) is 0 Å². The third-order valence-electron chi connectivity index (χ3n) is 3.97. The molecule has 0 radical (unpaired) electrons. The summed E-state index contributed by atoms with van der Waals surface area (Å²) in [5, 5.41) is 12.9. The van der Waals surface area contributed by atoms with Crippen LogP contribution < -0.4 is 5.32 Å². The lowest BCUT2D eigenvalue weighted by Gasteiger charge is -2.21. The molecule has 0 spiro atoms. The van der Waals surface area contributed by atoms with Crippen LogP contribution in [0.1, 0.15) is 38.2 Å². The van der Waals surface area contributed by atoms with Crippen molar-refractivity contribution in [2.45, 2.75) is 51.2 Å². The summed E-state index contributed by atoms with van der Waals surface area (Å²) in [5.41, 5.74) is 1.45. The summed E-state index contributed by atoms with van der Waals surface area (Å²) in [5.74, 6) is 0.765. The van der Waals surface area contributed by atoms with Gasteiger partial charge in [0.2, 0.25) is 0 Å². The predicted molar refractivity (Wildman–Crippen MR) is 75.6 cm³/mol. The molecule has 2 rings (SSSR count). The predicted octanol–water partition coefficient (Wildman–Crippen LogP) is 2.76. The third kappa shape index (κ3) is 4.11. The summed E-state index contributed by atoms with van der Waals surface area (Å²) < 4.78 is 0. The summed E-state index contributed by atoms with van der Waals surface area (Å²) in [6, 6.07) is 11.4. The topological polar surface area (TPSA) is 32.3 Å². The molecule has 1 aromatic rings. The molecule has 1 saturated carbocycles. The Hall–Kier alpha value is -0.860. The zero-order valence-corrected chi connectivity index (χ0v) is 11.3. The van der Waals surface area contributed by atoms with Gasteiger partial charge in [-0.2, -0.15) is 0 Å². The van der Waals surface area contributed by atoms with Crippen molar-refractivity contribution in [3.63, 3.8) is 0 Å². The van der Waals surface area contributed by atoms with Gasteiger partial charge in [-0.1, -0.05) is 36.8 Å². The fraction of sp³-hybridized carbons (Fsp3) is 0.625. The molecule has 0 heterocycles. The van der Waals surface area contributed by atoms with E-state index in [1.54, 1.807) is 0 Å². The van der Waals surface area contributed by atoms with Crippen LogP contribution in [0.4, 0.5) is 0 Å². The van der Waals surface area contributed by atoms with Crippen molar-refractivity contribution in [2.24, 2.45) is 5.92 Å². The molecule has 0 saturated heterocycles. The number of hydrogen-bond donors (Lipinski definition) is 2. The Labute approximate surface area is 110 Å². The molecule has 3 atom stereocenters. The van der Waals surface area contributed by atoms with Gasteiger partial charge in [-0.25, -0.2) is 0 Å². The van der Waals surface area contributed by atoms with Gasteiger partial charge in [0.05, 0.1) is 6.10 Å². The van der Waals surface area contributed by atoms with E-state index >= 15 is 0 Å². The van der Waals surface area contributed by atoms with Crippen molar-refractivity contribution in [2.75, 3.05) is 6.54 Å². The fourth-order valence-electron chi connectivity index (χ4n) is 2.94. The van der Waals surface area contributed by atoms with E-state index in [9.17, 15) is 5.11 Å². The first kappa shape index (κ1) is 13.6. The minimum Gasteiger partial charge on any atom is -0.393 e. The lowest BCUT2D eigenvalue weighted by Crippen LogP contribution is -2.35. The highest BCUT2D eigenvalue weighted by Gasteiger charge is 2.26. The molecule has 0 aromatic heterocycles. The van der Waals surface area contributed by atoms with E-state index in [0.717, 1.165) is 18.9 Å². The third-order valence-corrected chi connectivity index (χ3v) is 3.97. The second kappa shape index (κ2) is 6.91. The van der Waals surface area contributed by atoms with Gasteiger partial charge in [0.1, 0.15) is 0 Å². The molecule has 1 aliphatic carbocycles. The van der Waals surface area contributed by atoms with Gasteiger partial charge in [0, 0.05) is 6.04 Å². The molecule has 0 aliphatic heterocycles. The molecular weight excluding hydrogens is 222 g/mol. The average Bonchev–Trinajstić information content (AvgIpc) is 2.78. The second-order valence-electron chi connectivity index (χ2n) is 5.58. The van der Waals surface area contributed by atoms with E-state index in [1.807, 2.05) is 6.92 Å². The summed E-state index contributed by atoms with van der Waals surface area (Å²) >= 11 is 0. The lowest BCUT2D eigenvalue weighted by atomic mass is 9.94. The molecule has 0 amide bonds. The van der Waals surface area contributed by atoms with Crippen molar-refractivity contribution in [3.05, 3.63) is 35.9 Å². The van der Waals surface area contributed by atoms with Crippen molar-refractivity contribution in [1.82, 2.24) is 5.32 Å². The van der Waals surface area contributed by atoms with Gasteiger partial charge in [-0.15, -0.1) is 0 Å². The van der Waals surface area contributed by atoms with E-state index in [2.05, 4.69) is 35.6 Å². The summed E-state index contributed by atoms with van der Waals surface area (Å²) in [4.78, 5) is 0. The quantitative estimate of drug-likeness (QED) is 0.810. The van der Waals surface area contributed by atoms with Crippen molar-refractivity contribution in [3.8, 4) is 0 Å². The summed E-state index contributed by atoms with van der Waals surface area (Å²) in [6.45, 7) is 2.80. The molecule has 1 aromatic carbocycles. The molecule has 0 bridgehead atoms. The number of rotatable bonds is 6. The Kier molecular flexibility index (Phi) is 5.21. The zero-order chi connectivity index (χ0) is 12.8. The minimum absolute atomic E-state index is 0.188. The summed E-state index contributed by atoms with van der Waals surface area (Å²) in [6.07, 6.45) is 5.82. The molecule has 1 aliphatic rings. The van der Waals surface area contributed by atoms with E-state index in [4.69, 9.17) is 0 Å². The molecule has 3 unspecified atom stereocenters. The van der Waals surface area contributed by atoms with E-state index < -0.39 is 0 Å². The van der Waals surface area contributed by atoms with Crippen LogP contribution >= 0.6 is 0 Å². The maximum atomic E-state index is 9.29. The second-order valence-corrected chi connectivity index (χ2v) is 5.58. The van der Waals surface area contributed by atoms with Crippen LogP contribution in [0.25, 0.3) is 0 Å². The minimum atomic E-state index is -0.188. The Balaban J connectivity index is 1.80. The Bertz CT molecular complexity index is 336. The number of aliphatic hydroxyl groups excluding tert-OH is 1. The number of benzene rings is 1. The molecular formula is C16H25NO. The van der Waals surface area contributed by atoms with Crippen LogP contribution in [0.2, 0.25) is 0 Å². The SMILES string of the molecule is CC(O)CCNC1CCCC1Cc1ccccc1. The molecule has 1 fully saturated rings. The van der Waals surface area contributed by atoms with Gasteiger partial charge in [-0.05, 0) is 50.6 Å². The fourth-order valence-corrected chi connectivity index (χ4v) is 2.94. The number of nitrogens with one attached hydrogen (secondary N) is 1. The maximum absolute atomic E-state index is 9.29. The number of hydrogen-bond acceptors (Lipinski definition) is 2. The Morgan fingerprint density at radius 3 is 2.78 bits per heavy atom. The maximum Gasteiger partial charge on any atom is 0.0524 e. The Morgan fingerprint density at radius 1 is 1.28 bits per heavy atom. The highest BCUT2D eigenvalue weighted by atomic mass is 16.3. The van der Waals surface area contributed by atoms with Gasteiger partial charge in [-0.3, -0.25) is 0 Å². The highest BCUT2D eigenvalue weighted by Crippen LogP contribution is 2.28. The first-order valence-electron chi connectivity index (χ1n) is 7.21. The largest absolute Gasteiger partial charge is 0.393 e. The van der Waals surface area contributed by atoms with E-state index in [-0.39, 0.29) is 6.10 Å². The van der Waals surface area contributed by atoms with Crippen LogP contribution in [-0.4, -0.2) is 23.8 Å². The van der Waals surface area contributed by atoms with Crippen molar-refractivity contribution < 1.29 is 5.11 Å². The first-order valence-corrected chi connectivity index (χ1v) is 7.21. The lowest BCUT2D eigenvalue weighted by molar-refractivity contribution is 0.181. The van der Waals surface area contributed by atoms with Crippen LogP contribution in [0, 0.1) is 5.92 Å². The van der Waals surface area contributed by atoms with Gasteiger partial charge in [0.15, 0.2) is 0 Å². The van der Waals surface area contributed by atoms with Crippen LogP contribution in [0.5, 0.6) is 0 Å². The van der Waals surface area contributed by atoms with Gasteiger partial charge < -0.3 is 10.4 Å². The van der Waals surface area contributed by atoms with E-state index in [1.165, 1.54) is 31.2 Å². The van der Waals surface area contributed by atoms with Crippen molar-refractivity contribution >= 4 is 0 Å². The monoisotopic (exact) mass is 247 g/mol. The zero-order valence-electron chi connectivity index (χ0n) is 11.3. The smallest absolute Gasteiger partial charge is 0.0524 e. The highest BCUT2D eigenvalue weighted by molar-refractivity contribution is 5.16. The van der Waals surface area contributed by atoms with Gasteiger partial charge in [0.25, 0.3) is 0 Å². The first-order chi connectivity index (χ1) is 8.75. The standard InChI is InChI=1S/C16H25NO/c1-13(18)10-11-17-16-9-5-8-15(16)12-14-6-3-2-4-7-14/h2-4,6-7,13,15-18H,5,8-12H2,1H3. The molecule has 18 heavy (non-hydrogen) atoms. The molecule has 2 nitrogen and oxygen atoms in total. The van der Waals surface area contributed by atoms with Crippen LogP contribution in [-0.2, 0) is 6.42 Å². The van der Waals surface area contributed by atoms with Crippen molar-refractivity contribution in [1.29, 1.82) is 0 Å². The van der Waals surface area contributed by atoms with E-state index in [0.29, 0.717) is 6.04 Å². The summed E-state index contributed by atoms with van der Waals surface area (Å²) in [7, 11) is 0. The molecule has 100 valence electrons. The Morgan fingerprint density at radius 2 is 2.06 bits per heavy atom. The molecule has 2 N–H and O–H groups in total. The normalized spacial score (nSPS) is 25.2. The van der Waals surface area contributed by atoms with Gasteiger partial charge >= 0.3 is 0 Å². The molecule has 2 heteroatoms.